The van der Waals surface area contributed by atoms with E-state index >= 15 is 0 Å². The lowest BCUT2D eigenvalue weighted by atomic mass is 10.0. The maximum atomic E-state index is 12.6. The third-order valence-electron chi connectivity index (χ3n) is 5.61. The van der Waals surface area contributed by atoms with Crippen molar-refractivity contribution in [1.29, 1.82) is 0 Å². The van der Waals surface area contributed by atoms with Crippen molar-refractivity contribution in [1.82, 2.24) is 0 Å². The van der Waals surface area contributed by atoms with Crippen molar-refractivity contribution in [2.45, 2.75) is 12.2 Å². The van der Waals surface area contributed by atoms with E-state index in [0.717, 1.165) is 6.07 Å². The number of hydrogen-bond acceptors (Lipinski definition) is 9. The molecule has 3 aromatic carbocycles. The molecule has 9 heteroatoms. The zero-order valence-corrected chi connectivity index (χ0v) is 17.9. The number of methoxy groups -OCH3 is 1. The van der Waals surface area contributed by atoms with E-state index in [2.05, 4.69) is 0 Å². The van der Waals surface area contributed by atoms with Gasteiger partial charge in [-0.05, 0) is 30.3 Å². The Hall–Kier alpha value is -4.37. The maximum absolute atomic E-state index is 12.6. The Morgan fingerprint density at radius 1 is 0.912 bits per heavy atom. The highest BCUT2D eigenvalue weighted by Gasteiger charge is 2.33. The number of phenols is 3. The van der Waals surface area contributed by atoms with E-state index in [1.165, 1.54) is 25.3 Å². The molecule has 0 saturated heterocycles. The van der Waals surface area contributed by atoms with Gasteiger partial charge in [0, 0.05) is 29.3 Å². The summed E-state index contributed by atoms with van der Waals surface area (Å²) in [5.74, 6) is 0.538. The van der Waals surface area contributed by atoms with Gasteiger partial charge in [0.05, 0.1) is 13.7 Å². The van der Waals surface area contributed by atoms with Crippen LogP contribution in [0.4, 0.5) is 0 Å². The topological polar surface area (TPSA) is 139 Å². The Labute approximate surface area is 192 Å². The highest BCUT2D eigenvalue weighted by molar-refractivity contribution is 5.86. The number of phenolic OH excluding ortho intramolecular Hbond substituents is 3. The van der Waals surface area contributed by atoms with Gasteiger partial charge in [0.1, 0.15) is 28.2 Å². The third kappa shape index (κ3) is 3.61. The van der Waals surface area contributed by atoms with Gasteiger partial charge in [0.15, 0.2) is 40.6 Å². The van der Waals surface area contributed by atoms with Crippen LogP contribution in [0, 0.1) is 0 Å². The summed E-state index contributed by atoms with van der Waals surface area (Å²) in [4.78, 5) is 12.6. The fourth-order valence-electron chi connectivity index (χ4n) is 3.97. The molecule has 0 saturated carbocycles. The summed E-state index contributed by atoms with van der Waals surface area (Å²) in [6.45, 7) is -0.318. The molecule has 4 aromatic rings. The average molecular weight is 464 g/mol. The number of hydrogen-bond donors (Lipinski definition) is 4. The summed E-state index contributed by atoms with van der Waals surface area (Å²) in [7, 11) is 1.43. The average Bonchev–Trinajstić information content (AvgIpc) is 2.82. The molecule has 0 unspecified atom stereocenters. The number of fused-ring (bicyclic) bond motifs is 2. The highest BCUT2D eigenvalue weighted by Crippen LogP contribution is 2.43. The van der Waals surface area contributed by atoms with Gasteiger partial charge in [-0.15, -0.1) is 0 Å². The normalized spacial score (nSPS) is 17.0. The minimum atomic E-state index is -0.711. The Bertz CT molecular complexity index is 1460. The fraction of sp³-hybridized carbons (Fsp3) is 0.160. The molecular weight excluding hydrogens is 444 g/mol. The third-order valence-corrected chi connectivity index (χ3v) is 5.61. The largest absolute Gasteiger partial charge is 0.508 e. The van der Waals surface area contributed by atoms with E-state index < -0.39 is 17.6 Å². The molecule has 0 aliphatic carbocycles. The zero-order valence-electron chi connectivity index (χ0n) is 17.9. The first-order valence-electron chi connectivity index (χ1n) is 10.3. The Balaban J connectivity index is 1.56. The van der Waals surface area contributed by atoms with Crippen molar-refractivity contribution in [2.24, 2.45) is 0 Å². The van der Waals surface area contributed by atoms with Gasteiger partial charge in [0.2, 0.25) is 0 Å². The van der Waals surface area contributed by atoms with Gasteiger partial charge >= 0.3 is 0 Å². The molecule has 0 fully saturated rings. The van der Waals surface area contributed by atoms with Crippen LogP contribution >= 0.6 is 0 Å². The van der Waals surface area contributed by atoms with Crippen LogP contribution in [0.25, 0.3) is 22.3 Å². The summed E-state index contributed by atoms with van der Waals surface area (Å²) >= 11 is 0. The number of aliphatic hydroxyl groups is 1. The molecule has 2 atom stereocenters. The Morgan fingerprint density at radius 2 is 1.74 bits per heavy atom. The second-order valence-corrected chi connectivity index (χ2v) is 7.78. The molecule has 34 heavy (non-hydrogen) atoms. The van der Waals surface area contributed by atoms with Crippen LogP contribution in [-0.2, 0) is 0 Å². The Morgan fingerprint density at radius 3 is 2.50 bits per heavy atom. The van der Waals surface area contributed by atoms with Gasteiger partial charge in [-0.1, -0.05) is 6.07 Å². The SMILES string of the molecule is COc1cc([C@H]2Oc3cc(-c4cc(=O)c5c(O)cc(O)cc5o4)ccc3O[C@@H]2CO)ccc1O. The van der Waals surface area contributed by atoms with Gasteiger partial charge in [-0.2, -0.15) is 0 Å². The number of benzene rings is 3. The summed E-state index contributed by atoms with van der Waals surface area (Å²) in [5, 5.41) is 39.5. The number of aromatic hydroxyl groups is 3. The van der Waals surface area contributed by atoms with Gasteiger partial charge in [0.25, 0.3) is 0 Å². The minimum absolute atomic E-state index is 0.0318. The molecule has 1 aliphatic rings. The second kappa shape index (κ2) is 8.20. The molecule has 1 aromatic heterocycles. The molecule has 5 rings (SSSR count). The second-order valence-electron chi connectivity index (χ2n) is 7.78. The molecule has 0 radical (unpaired) electrons. The van der Waals surface area contributed by atoms with Crippen molar-refractivity contribution in [2.75, 3.05) is 13.7 Å². The number of ether oxygens (including phenoxy) is 3. The molecule has 1 aliphatic heterocycles. The van der Waals surface area contributed by atoms with Crippen molar-refractivity contribution >= 4 is 11.0 Å². The standard InChI is InChI=1S/C25H20O9/c1-31-20-7-13(2-4-15(20)28)25-23(11-26)32-18-5-3-12(6-21(18)34-25)19-10-17(30)24-16(29)8-14(27)9-22(24)33-19/h2-10,23,25-29H,11H2,1H3/t23-,25-/m1/s1. The van der Waals surface area contributed by atoms with Gasteiger partial charge < -0.3 is 39.1 Å². The molecule has 174 valence electrons. The van der Waals surface area contributed by atoms with Crippen LogP contribution in [0.3, 0.4) is 0 Å². The lowest BCUT2D eigenvalue weighted by molar-refractivity contribution is -0.0123. The van der Waals surface area contributed by atoms with E-state index in [9.17, 15) is 25.2 Å². The molecule has 2 heterocycles. The zero-order chi connectivity index (χ0) is 24.0. The molecule has 9 nitrogen and oxygen atoms in total. The molecule has 0 spiro atoms. The first-order valence-corrected chi connectivity index (χ1v) is 10.3. The predicted molar refractivity (Wildman–Crippen MR) is 121 cm³/mol. The van der Waals surface area contributed by atoms with Crippen LogP contribution in [0.2, 0.25) is 0 Å². The van der Waals surface area contributed by atoms with Crippen molar-refractivity contribution in [3.8, 4) is 45.8 Å². The summed E-state index contributed by atoms with van der Waals surface area (Å²) in [5.41, 5.74) is 0.670. The smallest absolute Gasteiger partial charge is 0.197 e. The molecule has 4 N–H and O–H groups in total. The van der Waals surface area contributed by atoms with Crippen molar-refractivity contribution in [3.63, 3.8) is 0 Å². The number of aliphatic hydroxyl groups excluding tert-OH is 1. The lowest BCUT2D eigenvalue weighted by Gasteiger charge is -2.33. The van der Waals surface area contributed by atoms with E-state index in [1.807, 2.05) is 0 Å². The lowest BCUT2D eigenvalue weighted by Crippen LogP contribution is -2.36. The van der Waals surface area contributed by atoms with E-state index in [4.69, 9.17) is 18.6 Å². The molecule has 0 amide bonds. The van der Waals surface area contributed by atoms with Crippen LogP contribution in [-0.4, -0.2) is 40.2 Å². The Kier molecular flexibility index (Phi) is 5.18. The monoisotopic (exact) mass is 464 g/mol. The van der Waals surface area contributed by atoms with Crippen molar-refractivity contribution in [3.05, 3.63) is 70.4 Å². The van der Waals surface area contributed by atoms with Crippen LogP contribution < -0.4 is 19.6 Å². The maximum Gasteiger partial charge on any atom is 0.197 e. The summed E-state index contributed by atoms with van der Waals surface area (Å²) in [6.07, 6.45) is -1.42. The van der Waals surface area contributed by atoms with Crippen LogP contribution in [0.1, 0.15) is 11.7 Å². The van der Waals surface area contributed by atoms with Crippen molar-refractivity contribution < 1.29 is 39.1 Å². The summed E-state index contributed by atoms with van der Waals surface area (Å²) < 4.78 is 23.0. The minimum Gasteiger partial charge on any atom is -0.508 e. The first-order chi connectivity index (χ1) is 16.4. The molecular formula is C25H20O9. The number of rotatable bonds is 4. The van der Waals surface area contributed by atoms with Gasteiger partial charge in [-0.25, -0.2) is 0 Å². The first kappa shape index (κ1) is 21.5. The van der Waals surface area contributed by atoms with E-state index in [-0.39, 0.29) is 46.3 Å². The van der Waals surface area contributed by atoms with Gasteiger partial charge in [-0.3, -0.25) is 4.79 Å². The molecule has 0 bridgehead atoms. The quantitative estimate of drug-likeness (QED) is 0.358. The van der Waals surface area contributed by atoms with Crippen LogP contribution in [0.15, 0.2) is 63.8 Å². The highest BCUT2D eigenvalue weighted by atomic mass is 16.6. The fourth-order valence-corrected chi connectivity index (χ4v) is 3.97. The summed E-state index contributed by atoms with van der Waals surface area (Å²) in [6, 6.07) is 13.2. The predicted octanol–water partition coefficient (Wildman–Crippen LogP) is 3.46. The van der Waals surface area contributed by atoms with E-state index in [1.54, 1.807) is 30.3 Å². The van der Waals surface area contributed by atoms with Crippen LogP contribution in [0.5, 0.6) is 34.5 Å². The van der Waals surface area contributed by atoms with E-state index in [0.29, 0.717) is 22.6 Å².